The maximum absolute atomic E-state index is 12.1. The maximum Gasteiger partial charge on any atom is 0.233 e. The zero-order valence-electron chi connectivity index (χ0n) is 14.0. The first-order valence-corrected chi connectivity index (χ1v) is 8.15. The molecule has 1 aromatic heterocycles. The fourth-order valence-corrected chi connectivity index (χ4v) is 2.41. The average molecular weight is 333 g/mol. The lowest BCUT2D eigenvalue weighted by molar-refractivity contribution is -0.115. The van der Waals surface area contributed by atoms with Gasteiger partial charge in [-0.25, -0.2) is 0 Å². The normalized spacial score (nSPS) is 10.3. The molecule has 0 fully saturated rings. The van der Waals surface area contributed by atoms with Gasteiger partial charge in [-0.15, -0.1) is 10.2 Å². The molecule has 0 radical (unpaired) electrons. The summed E-state index contributed by atoms with van der Waals surface area (Å²) in [5.41, 5.74) is 3.42. The number of nitrogens with one attached hydrogen (secondary N) is 1. The Kier molecular flexibility index (Phi) is 5.36. The van der Waals surface area contributed by atoms with Crippen LogP contribution in [0.1, 0.15) is 12.5 Å². The lowest BCUT2D eigenvalue weighted by Gasteiger charge is -2.07. The van der Waals surface area contributed by atoms with Crippen molar-refractivity contribution in [1.29, 1.82) is 0 Å². The van der Waals surface area contributed by atoms with Gasteiger partial charge in [-0.2, -0.15) is 0 Å². The molecule has 0 spiro atoms. The van der Waals surface area contributed by atoms with E-state index < -0.39 is 0 Å². The number of carbonyl (C=O) groups excluding carboxylic acids is 1. The van der Waals surface area contributed by atoms with E-state index in [1.807, 2.05) is 67.6 Å². The number of anilines is 1. The van der Waals surface area contributed by atoms with E-state index in [2.05, 4.69) is 15.5 Å². The van der Waals surface area contributed by atoms with Crippen molar-refractivity contribution in [3.63, 3.8) is 0 Å². The molecule has 3 aromatic rings. The second-order valence-corrected chi connectivity index (χ2v) is 5.48. The highest BCUT2D eigenvalue weighted by Crippen LogP contribution is 2.20. The molecule has 1 N–H and O–H groups in total. The summed E-state index contributed by atoms with van der Waals surface area (Å²) in [5, 5.41) is 11.1. The van der Waals surface area contributed by atoms with Crippen molar-refractivity contribution < 1.29 is 9.53 Å². The molecular formula is C20H19N3O2. The van der Waals surface area contributed by atoms with E-state index in [-0.39, 0.29) is 5.91 Å². The second-order valence-electron chi connectivity index (χ2n) is 5.48. The molecule has 3 rings (SSSR count). The van der Waals surface area contributed by atoms with Crippen molar-refractivity contribution in [3.05, 3.63) is 72.3 Å². The number of amides is 1. The van der Waals surface area contributed by atoms with Crippen molar-refractivity contribution in [1.82, 2.24) is 10.2 Å². The Morgan fingerprint density at radius 3 is 2.36 bits per heavy atom. The topological polar surface area (TPSA) is 64.1 Å². The molecular weight excluding hydrogens is 314 g/mol. The summed E-state index contributed by atoms with van der Waals surface area (Å²) < 4.78 is 5.29. The molecule has 0 aliphatic carbocycles. The third-order valence-electron chi connectivity index (χ3n) is 3.60. The second kappa shape index (κ2) is 8.06. The molecule has 1 amide bonds. The van der Waals surface area contributed by atoms with Gasteiger partial charge in [0.25, 0.3) is 0 Å². The quantitative estimate of drug-likeness (QED) is 0.746. The van der Waals surface area contributed by atoms with Crippen LogP contribution in [0.5, 0.6) is 5.88 Å². The molecule has 5 heteroatoms. The van der Waals surface area contributed by atoms with Crippen molar-refractivity contribution in [3.8, 4) is 17.1 Å². The third kappa shape index (κ3) is 4.64. The molecule has 0 aliphatic rings. The monoisotopic (exact) mass is 333 g/mol. The summed E-state index contributed by atoms with van der Waals surface area (Å²) in [6, 6.07) is 20.8. The number of carbonyl (C=O) groups is 1. The molecule has 0 aliphatic heterocycles. The Labute approximate surface area is 146 Å². The molecule has 0 saturated heterocycles. The van der Waals surface area contributed by atoms with Crippen molar-refractivity contribution in [2.45, 2.75) is 13.3 Å². The minimum atomic E-state index is -0.0418. The van der Waals surface area contributed by atoms with Gasteiger partial charge in [0.1, 0.15) is 0 Å². The first-order chi connectivity index (χ1) is 12.2. The SMILES string of the molecule is CCOc1ccc(-c2ccc(NC(=O)Cc3ccccc3)cc2)nn1. The smallest absolute Gasteiger partial charge is 0.233 e. The highest BCUT2D eigenvalue weighted by Gasteiger charge is 2.05. The molecule has 25 heavy (non-hydrogen) atoms. The van der Waals surface area contributed by atoms with E-state index in [9.17, 15) is 4.79 Å². The zero-order valence-corrected chi connectivity index (χ0v) is 14.0. The summed E-state index contributed by atoms with van der Waals surface area (Å²) in [4.78, 5) is 12.1. The van der Waals surface area contributed by atoms with Crippen LogP contribution in [0.4, 0.5) is 5.69 Å². The number of aromatic nitrogens is 2. The van der Waals surface area contributed by atoms with E-state index in [0.29, 0.717) is 18.9 Å². The van der Waals surface area contributed by atoms with E-state index in [4.69, 9.17) is 4.74 Å². The van der Waals surface area contributed by atoms with Gasteiger partial charge in [0.05, 0.1) is 18.7 Å². The van der Waals surface area contributed by atoms with Crippen molar-refractivity contribution >= 4 is 11.6 Å². The van der Waals surface area contributed by atoms with Crippen molar-refractivity contribution in [2.75, 3.05) is 11.9 Å². The van der Waals surface area contributed by atoms with E-state index in [1.54, 1.807) is 6.07 Å². The van der Waals surface area contributed by atoms with Crippen LogP contribution in [0.3, 0.4) is 0 Å². The fourth-order valence-electron chi connectivity index (χ4n) is 2.41. The molecule has 0 bridgehead atoms. The Bertz CT molecular complexity index is 816. The third-order valence-corrected chi connectivity index (χ3v) is 3.60. The fraction of sp³-hybridized carbons (Fsp3) is 0.150. The van der Waals surface area contributed by atoms with Crippen LogP contribution >= 0.6 is 0 Å². The lowest BCUT2D eigenvalue weighted by Crippen LogP contribution is -2.14. The number of ether oxygens (including phenoxy) is 1. The van der Waals surface area contributed by atoms with Gasteiger partial charge in [0.2, 0.25) is 11.8 Å². The molecule has 0 unspecified atom stereocenters. The summed E-state index contributed by atoms with van der Waals surface area (Å²) in [6.45, 7) is 2.46. The van der Waals surface area contributed by atoms with Gasteiger partial charge in [-0.1, -0.05) is 42.5 Å². The van der Waals surface area contributed by atoms with Crippen LogP contribution < -0.4 is 10.1 Å². The Hall–Kier alpha value is -3.21. The highest BCUT2D eigenvalue weighted by molar-refractivity contribution is 5.92. The Balaban J connectivity index is 1.62. The van der Waals surface area contributed by atoms with Gasteiger partial charge in [-0.05, 0) is 30.7 Å². The maximum atomic E-state index is 12.1. The highest BCUT2D eigenvalue weighted by atomic mass is 16.5. The van der Waals surface area contributed by atoms with Crippen LogP contribution in [0.25, 0.3) is 11.3 Å². The zero-order chi connectivity index (χ0) is 17.5. The molecule has 126 valence electrons. The van der Waals surface area contributed by atoms with E-state index >= 15 is 0 Å². The van der Waals surface area contributed by atoms with Crippen molar-refractivity contribution in [2.24, 2.45) is 0 Å². The Morgan fingerprint density at radius 2 is 1.72 bits per heavy atom. The van der Waals surface area contributed by atoms with Crippen LogP contribution in [-0.2, 0) is 11.2 Å². The number of hydrogen-bond donors (Lipinski definition) is 1. The molecule has 2 aromatic carbocycles. The molecule has 0 atom stereocenters. The molecule has 0 saturated carbocycles. The molecule has 5 nitrogen and oxygen atoms in total. The predicted octanol–water partition coefficient (Wildman–Crippen LogP) is 3.72. The summed E-state index contributed by atoms with van der Waals surface area (Å²) >= 11 is 0. The molecule has 1 heterocycles. The summed E-state index contributed by atoms with van der Waals surface area (Å²) in [7, 11) is 0. The average Bonchev–Trinajstić information content (AvgIpc) is 2.64. The minimum absolute atomic E-state index is 0.0418. The predicted molar refractivity (Wildman–Crippen MR) is 97.4 cm³/mol. The van der Waals surface area contributed by atoms with Crippen LogP contribution in [0.15, 0.2) is 66.7 Å². The number of hydrogen-bond acceptors (Lipinski definition) is 4. The van der Waals surface area contributed by atoms with Crippen LogP contribution in [0, 0.1) is 0 Å². The van der Waals surface area contributed by atoms with Crippen LogP contribution in [-0.4, -0.2) is 22.7 Å². The number of nitrogens with zero attached hydrogens (tertiary/aromatic N) is 2. The van der Waals surface area contributed by atoms with E-state index in [1.165, 1.54) is 0 Å². The minimum Gasteiger partial charge on any atom is -0.477 e. The van der Waals surface area contributed by atoms with Gasteiger partial charge in [0.15, 0.2) is 0 Å². The number of benzene rings is 2. The summed E-state index contributed by atoms with van der Waals surface area (Å²) in [6.07, 6.45) is 0.354. The first-order valence-electron chi connectivity index (χ1n) is 8.15. The summed E-state index contributed by atoms with van der Waals surface area (Å²) in [5.74, 6) is 0.468. The lowest BCUT2D eigenvalue weighted by atomic mass is 10.1. The van der Waals surface area contributed by atoms with E-state index in [0.717, 1.165) is 22.5 Å². The van der Waals surface area contributed by atoms with Gasteiger partial charge >= 0.3 is 0 Å². The standard InChI is InChI=1S/C20H19N3O2/c1-2-25-20-13-12-18(22-23-20)16-8-10-17(11-9-16)21-19(24)14-15-6-4-3-5-7-15/h3-13H,2,14H2,1H3,(H,21,24). The Morgan fingerprint density at radius 1 is 0.960 bits per heavy atom. The van der Waals surface area contributed by atoms with Gasteiger partial charge in [-0.3, -0.25) is 4.79 Å². The number of rotatable bonds is 6. The van der Waals surface area contributed by atoms with Gasteiger partial charge in [0, 0.05) is 17.3 Å². The van der Waals surface area contributed by atoms with Crippen LogP contribution in [0.2, 0.25) is 0 Å². The van der Waals surface area contributed by atoms with Gasteiger partial charge < -0.3 is 10.1 Å². The largest absolute Gasteiger partial charge is 0.477 e. The first kappa shape index (κ1) is 16.6.